The van der Waals surface area contributed by atoms with Crippen LogP contribution in [0.25, 0.3) is 0 Å². The van der Waals surface area contributed by atoms with Crippen LogP contribution >= 0.6 is 11.3 Å². The lowest BCUT2D eigenvalue weighted by Gasteiger charge is -2.07. The lowest BCUT2D eigenvalue weighted by molar-refractivity contribution is -0.121. The maximum Gasteiger partial charge on any atom is 0.220 e. The molecule has 3 nitrogen and oxygen atoms in total. The van der Waals surface area contributed by atoms with Gasteiger partial charge in [0.05, 0.1) is 6.61 Å². The number of amides is 1. The Bertz CT molecular complexity index is 555. The fourth-order valence-electron chi connectivity index (χ4n) is 1.96. The van der Waals surface area contributed by atoms with Gasteiger partial charge in [-0.05, 0) is 55.0 Å². The first-order chi connectivity index (χ1) is 10.7. The normalized spacial score (nSPS) is 10.4. The van der Waals surface area contributed by atoms with E-state index < -0.39 is 0 Å². The molecule has 0 radical (unpaired) electrons. The summed E-state index contributed by atoms with van der Waals surface area (Å²) in [5, 5.41) is 4.93. The fraction of sp³-hybridized carbons (Fsp3) is 0.353. The SMILES string of the molecule is O=C(CCc1cccs1)NCCCCOc1ccc(F)cc1. The van der Waals surface area contributed by atoms with Crippen molar-refractivity contribution in [2.24, 2.45) is 0 Å². The molecular formula is C17H20FNO2S. The predicted octanol–water partition coefficient (Wildman–Crippen LogP) is 3.80. The quantitative estimate of drug-likeness (QED) is 0.714. The Hall–Kier alpha value is -1.88. The largest absolute Gasteiger partial charge is 0.494 e. The Kier molecular flexibility index (Phi) is 6.90. The minimum absolute atomic E-state index is 0.0906. The number of hydrogen-bond acceptors (Lipinski definition) is 3. The molecule has 1 amide bonds. The molecule has 0 bridgehead atoms. The number of nitrogens with one attached hydrogen (secondary N) is 1. The average molecular weight is 321 g/mol. The van der Waals surface area contributed by atoms with Gasteiger partial charge in [-0.3, -0.25) is 4.79 Å². The molecule has 0 saturated carbocycles. The summed E-state index contributed by atoms with van der Waals surface area (Å²) in [6.45, 7) is 1.23. The van der Waals surface area contributed by atoms with Crippen molar-refractivity contribution in [3.05, 3.63) is 52.5 Å². The molecule has 0 aliphatic rings. The zero-order chi connectivity index (χ0) is 15.6. The Labute approximate surface area is 134 Å². The lowest BCUT2D eigenvalue weighted by atomic mass is 10.2. The number of carbonyl (C=O) groups is 1. The van der Waals surface area contributed by atoms with E-state index in [-0.39, 0.29) is 11.7 Å². The van der Waals surface area contributed by atoms with Crippen molar-refractivity contribution in [3.8, 4) is 5.75 Å². The highest BCUT2D eigenvalue weighted by atomic mass is 32.1. The summed E-state index contributed by atoms with van der Waals surface area (Å²) in [6.07, 6.45) is 3.05. The summed E-state index contributed by atoms with van der Waals surface area (Å²) >= 11 is 1.68. The first kappa shape index (κ1) is 16.5. The molecule has 2 rings (SSSR count). The van der Waals surface area contributed by atoms with Crippen molar-refractivity contribution in [2.75, 3.05) is 13.2 Å². The molecule has 1 N–H and O–H groups in total. The van der Waals surface area contributed by atoms with Crippen LogP contribution < -0.4 is 10.1 Å². The van der Waals surface area contributed by atoms with Crippen LogP contribution in [-0.4, -0.2) is 19.1 Å². The third-order valence-corrected chi connectivity index (χ3v) is 4.09. The monoisotopic (exact) mass is 321 g/mol. The van der Waals surface area contributed by atoms with Gasteiger partial charge in [-0.15, -0.1) is 11.3 Å². The second-order valence-electron chi connectivity index (χ2n) is 4.94. The Balaban J connectivity index is 1.48. The van der Waals surface area contributed by atoms with Crippen LogP contribution in [-0.2, 0) is 11.2 Å². The molecule has 0 spiro atoms. The van der Waals surface area contributed by atoms with E-state index in [2.05, 4.69) is 5.32 Å². The third-order valence-electron chi connectivity index (χ3n) is 3.15. The van der Waals surface area contributed by atoms with Crippen molar-refractivity contribution >= 4 is 17.2 Å². The number of aryl methyl sites for hydroxylation is 1. The number of carbonyl (C=O) groups excluding carboxylic acids is 1. The molecule has 22 heavy (non-hydrogen) atoms. The smallest absolute Gasteiger partial charge is 0.220 e. The highest BCUT2D eigenvalue weighted by Gasteiger charge is 2.02. The molecule has 0 aliphatic heterocycles. The second-order valence-corrected chi connectivity index (χ2v) is 5.97. The van der Waals surface area contributed by atoms with Crippen molar-refractivity contribution < 1.29 is 13.9 Å². The molecule has 5 heteroatoms. The maximum absolute atomic E-state index is 12.7. The second kappa shape index (κ2) is 9.20. The van der Waals surface area contributed by atoms with Crippen molar-refractivity contribution in [1.29, 1.82) is 0 Å². The van der Waals surface area contributed by atoms with Crippen molar-refractivity contribution in [1.82, 2.24) is 5.32 Å². The molecule has 118 valence electrons. The summed E-state index contributed by atoms with van der Waals surface area (Å²) in [6, 6.07) is 10.0. The number of unbranched alkanes of at least 4 members (excludes halogenated alkanes) is 1. The number of ether oxygens (including phenoxy) is 1. The zero-order valence-electron chi connectivity index (χ0n) is 12.4. The van der Waals surface area contributed by atoms with Gasteiger partial charge in [0.2, 0.25) is 5.91 Å². The third kappa shape index (κ3) is 6.26. The van der Waals surface area contributed by atoms with E-state index in [1.165, 1.54) is 17.0 Å². The molecule has 0 saturated heterocycles. The molecule has 0 fully saturated rings. The molecule has 1 heterocycles. The summed E-state index contributed by atoms with van der Waals surface area (Å²) < 4.78 is 18.2. The van der Waals surface area contributed by atoms with Gasteiger partial charge in [-0.2, -0.15) is 0 Å². The van der Waals surface area contributed by atoms with Gasteiger partial charge in [0, 0.05) is 17.8 Å². The van der Waals surface area contributed by atoms with Crippen molar-refractivity contribution in [2.45, 2.75) is 25.7 Å². The van der Waals surface area contributed by atoms with Gasteiger partial charge in [0.15, 0.2) is 0 Å². The van der Waals surface area contributed by atoms with Gasteiger partial charge in [0.25, 0.3) is 0 Å². The van der Waals surface area contributed by atoms with E-state index in [0.717, 1.165) is 19.3 Å². The molecule has 1 aromatic carbocycles. The molecular weight excluding hydrogens is 301 g/mol. The molecule has 0 unspecified atom stereocenters. The van der Waals surface area contributed by atoms with Crippen LogP contribution in [0.2, 0.25) is 0 Å². The topological polar surface area (TPSA) is 38.3 Å². The summed E-state index contributed by atoms with van der Waals surface area (Å²) in [5.41, 5.74) is 0. The van der Waals surface area contributed by atoms with Crippen LogP contribution in [0.3, 0.4) is 0 Å². The van der Waals surface area contributed by atoms with E-state index in [9.17, 15) is 9.18 Å². The first-order valence-electron chi connectivity index (χ1n) is 7.41. The highest BCUT2D eigenvalue weighted by molar-refractivity contribution is 7.09. The number of halogens is 1. The number of benzene rings is 1. The highest BCUT2D eigenvalue weighted by Crippen LogP contribution is 2.12. The van der Waals surface area contributed by atoms with E-state index in [1.807, 2.05) is 17.5 Å². The molecule has 0 aliphatic carbocycles. The molecule has 1 aromatic heterocycles. The van der Waals surface area contributed by atoms with E-state index in [4.69, 9.17) is 4.74 Å². The molecule has 2 aromatic rings. The van der Waals surface area contributed by atoms with E-state index in [1.54, 1.807) is 23.5 Å². The number of thiophene rings is 1. The average Bonchev–Trinajstić information content (AvgIpc) is 3.04. The Morgan fingerprint density at radius 2 is 2.00 bits per heavy atom. The lowest BCUT2D eigenvalue weighted by Crippen LogP contribution is -2.24. The van der Waals surface area contributed by atoms with Crippen LogP contribution in [0.15, 0.2) is 41.8 Å². The minimum Gasteiger partial charge on any atom is -0.494 e. The van der Waals surface area contributed by atoms with Gasteiger partial charge >= 0.3 is 0 Å². The van der Waals surface area contributed by atoms with Crippen LogP contribution in [0.5, 0.6) is 5.75 Å². The van der Waals surface area contributed by atoms with E-state index >= 15 is 0 Å². The van der Waals surface area contributed by atoms with E-state index in [0.29, 0.717) is 25.3 Å². The maximum atomic E-state index is 12.7. The summed E-state index contributed by atoms with van der Waals surface area (Å²) in [4.78, 5) is 12.9. The number of hydrogen-bond donors (Lipinski definition) is 1. The number of rotatable bonds is 9. The van der Waals surface area contributed by atoms with Gasteiger partial charge < -0.3 is 10.1 Å². The van der Waals surface area contributed by atoms with Gasteiger partial charge in [0.1, 0.15) is 11.6 Å². The van der Waals surface area contributed by atoms with Crippen molar-refractivity contribution in [3.63, 3.8) is 0 Å². The molecule has 0 atom stereocenters. The summed E-state index contributed by atoms with van der Waals surface area (Å²) in [5.74, 6) is 0.492. The zero-order valence-corrected chi connectivity index (χ0v) is 13.2. The summed E-state index contributed by atoms with van der Waals surface area (Å²) in [7, 11) is 0. The predicted molar refractivity (Wildman–Crippen MR) is 86.8 cm³/mol. The van der Waals surface area contributed by atoms with Crippen LogP contribution in [0, 0.1) is 5.82 Å². The minimum atomic E-state index is -0.266. The van der Waals surface area contributed by atoms with Gasteiger partial charge in [-0.1, -0.05) is 6.07 Å². The van der Waals surface area contributed by atoms with Gasteiger partial charge in [-0.25, -0.2) is 4.39 Å². The van der Waals surface area contributed by atoms with Crippen LogP contribution in [0.1, 0.15) is 24.1 Å². The Morgan fingerprint density at radius 3 is 2.73 bits per heavy atom. The first-order valence-corrected chi connectivity index (χ1v) is 8.29. The van der Waals surface area contributed by atoms with Crippen LogP contribution in [0.4, 0.5) is 4.39 Å². The fourth-order valence-corrected chi connectivity index (χ4v) is 2.66. The standard InChI is InChI=1S/C17H20FNO2S/c18-14-5-7-15(8-6-14)21-12-2-1-11-19-17(20)10-9-16-4-3-13-22-16/h3-8,13H,1-2,9-12H2,(H,19,20). The Morgan fingerprint density at radius 1 is 1.18 bits per heavy atom.